The first-order valence-corrected chi connectivity index (χ1v) is 8.87. The third-order valence-corrected chi connectivity index (χ3v) is 5.00. The zero-order valence-corrected chi connectivity index (χ0v) is 14.5. The molecule has 2 heteroatoms. The molecular weight excluding hydrogens is 280 g/mol. The van der Waals surface area contributed by atoms with Crippen LogP contribution in [0, 0.1) is 17.3 Å². The van der Waals surface area contributed by atoms with Gasteiger partial charge in [-0.05, 0) is 68.1 Å². The Labute approximate surface area is 141 Å². The second kappa shape index (κ2) is 7.34. The molecule has 1 N–H and O–H groups in total. The number of allylic oxidation sites excluding steroid dienone is 1. The Bertz CT molecular complexity index is 625. The smallest absolute Gasteiger partial charge is 0.0252 e. The molecule has 2 saturated heterocycles. The fourth-order valence-electron chi connectivity index (χ4n) is 3.50. The average Bonchev–Trinajstić information content (AvgIpc) is 3.02. The quantitative estimate of drug-likeness (QED) is 0.840. The maximum atomic E-state index is 3.46. The Morgan fingerprint density at radius 2 is 2.09 bits per heavy atom. The van der Waals surface area contributed by atoms with E-state index in [0.29, 0.717) is 0 Å². The summed E-state index contributed by atoms with van der Waals surface area (Å²) in [5, 5.41) is 3.46. The minimum absolute atomic E-state index is 0.227. The molecule has 0 unspecified atom stereocenters. The van der Waals surface area contributed by atoms with Gasteiger partial charge in [0.05, 0.1) is 0 Å². The molecule has 0 aromatic heterocycles. The van der Waals surface area contributed by atoms with Crippen molar-refractivity contribution in [1.82, 2.24) is 10.2 Å². The van der Waals surface area contributed by atoms with Crippen molar-refractivity contribution in [3.05, 3.63) is 47.0 Å². The van der Waals surface area contributed by atoms with Gasteiger partial charge in [-0.1, -0.05) is 43.4 Å². The van der Waals surface area contributed by atoms with Crippen molar-refractivity contribution >= 4 is 0 Å². The molecule has 2 nitrogen and oxygen atoms in total. The standard InChI is InChI=1S/C21H28N2/c1-21(2)17-22-12-11-20(21)10-6-8-18-7-5-9-19(15-18)16-23-13-3-4-14-23/h5,7,9-10,15,22H,3-4,11-14,16-17H2,1-2H3/b20-10+. The highest BCUT2D eigenvalue weighted by Gasteiger charge is 2.25. The van der Waals surface area contributed by atoms with Crippen molar-refractivity contribution in [3.63, 3.8) is 0 Å². The summed E-state index contributed by atoms with van der Waals surface area (Å²) in [7, 11) is 0. The maximum Gasteiger partial charge on any atom is 0.0252 e. The summed E-state index contributed by atoms with van der Waals surface area (Å²) < 4.78 is 0. The van der Waals surface area contributed by atoms with Crippen LogP contribution in [-0.2, 0) is 6.54 Å². The minimum Gasteiger partial charge on any atom is -0.316 e. The van der Waals surface area contributed by atoms with E-state index in [4.69, 9.17) is 0 Å². The molecule has 2 fully saturated rings. The number of likely N-dealkylation sites (tertiary alicyclic amines) is 1. The summed E-state index contributed by atoms with van der Waals surface area (Å²) in [4.78, 5) is 2.53. The number of benzene rings is 1. The number of hydrogen-bond acceptors (Lipinski definition) is 2. The lowest BCUT2D eigenvalue weighted by Gasteiger charge is -2.33. The van der Waals surface area contributed by atoms with E-state index in [1.165, 1.54) is 37.1 Å². The Morgan fingerprint density at radius 1 is 1.26 bits per heavy atom. The van der Waals surface area contributed by atoms with Gasteiger partial charge in [-0.15, -0.1) is 0 Å². The van der Waals surface area contributed by atoms with Crippen LogP contribution in [0.2, 0.25) is 0 Å². The highest BCUT2D eigenvalue weighted by atomic mass is 15.1. The van der Waals surface area contributed by atoms with Gasteiger partial charge in [-0.2, -0.15) is 0 Å². The summed E-state index contributed by atoms with van der Waals surface area (Å²) >= 11 is 0. The van der Waals surface area contributed by atoms with Gasteiger partial charge in [-0.25, -0.2) is 0 Å². The van der Waals surface area contributed by atoms with Crippen molar-refractivity contribution in [2.45, 2.75) is 39.7 Å². The Morgan fingerprint density at radius 3 is 2.87 bits per heavy atom. The van der Waals surface area contributed by atoms with Crippen LogP contribution in [0.15, 0.2) is 35.9 Å². The number of nitrogens with zero attached hydrogens (tertiary/aromatic N) is 1. The van der Waals surface area contributed by atoms with Crippen molar-refractivity contribution < 1.29 is 0 Å². The topological polar surface area (TPSA) is 15.3 Å². The van der Waals surface area contributed by atoms with Gasteiger partial charge in [0, 0.05) is 18.7 Å². The minimum atomic E-state index is 0.227. The lowest BCUT2D eigenvalue weighted by atomic mass is 9.79. The number of piperidine rings is 1. The second-order valence-electron chi connectivity index (χ2n) is 7.43. The Hall–Kier alpha value is -1.56. The average molecular weight is 308 g/mol. The third kappa shape index (κ3) is 4.47. The number of nitrogens with one attached hydrogen (secondary N) is 1. The lowest BCUT2D eigenvalue weighted by molar-refractivity contribution is 0.331. The summed E-state index contributed by atoms with van der Waals surface area (Å²) in [6.07, 6.45) is 5.94. The number of rotatable bonds is 2. The Balaban J connectivity index is 1.68. The molecule has 1 aromatic rings. The van der Waals surface area contributed by atoms with E-state index in [2.05, 4.69) is 66.2 Å². The van der Waals surface area contributed by atoms with Crippen LogP contribution < -0.4 is 5.32 Å². The van der Waals surface area contributed by atoms with Gasteiger partial charge < -0.3 is 5.32 Å². The molecule has 3 rings (SSSR count). The molecule has 0 atom stereocenters. The van der Waals surface area contributed by atoms with E-state index >= 15 is 0 Å². The summed E-state index contributed by atoms with van der Waals surface area (Å²) in [6.45, 7) is 10.3. The van der Waals surface area contributed by atoms with Crippen molar-refractivity contribution in [2.75, 3.05) is 26.2 Å². The van der Waals surface area contributed by atoms with Crippen LogP contribution in [0.5, 0.6) is 0 Å². The predicted octanol–water partition coefficient (Wildman–Crippen LogP) is 3.58. The fraction of sp³-hybridized carbons (Fsp3) is 0.524. The summed E-state index contributed by atoms with van der Waals surface area (Å²) in [5.41, 5.74) is 4.21. The van der Waals surface area contributed by atoms with Crippen molar-refractivity contribution in [3.8, 4) is 11.8 Å². The van der Waals surface area contributed by atoms with E-state index in [-0.39, 0.29) is 5.41 Å². The molecule has 0 bridgehead atoms. The first-order chi connectivity index (χ1) is 11.1. The van der Waals surface area contributed by atoms with E-state index in [1.54, 1.807) is 0 Å². The van der Waals surface area contributed by atoms with Crippen molar-refractivity contribution in [2.24, 2.45) is 5.41 Å². The van der Waals surface area contributed by atoms with Gasteiger partial charge in [-0.3, -0.25) is 4.90 Å². The monoisotopic (exact) mass is 308 g/mol. The first kappa shape index (κ1) is 16.3. The first-order valence-electron chi connectivity index (χ1n) is 8.87. The molecular formula is C21H28N2. The van der Waals surface area contributed by atoms with Gasteiger partial charge in [0.2, 0.25) is 0 Å². The largest absolute Gasteiger partial charge is 0.316 e. The van der Waals surface area contributed by atoms with Crippen LogP contribution in [-0.4, -0.2) is 31.1 Å². The molecule has 0 radical (unpaired) electrons. The molecule has 0 saturated carbocycles. The number of hydrogen-bond donors (Lipinski definition) is 1. The molecule has 2 heterocycles. The van der Waals surface area contributed by atoms with Crippen LogP contribution >= 0.6 is 0 Å². The highest BCUT2D eigenvalue weighted by Crippen LogP contribution is 2.30. The van der Waals surface area contributed by atoms with Crippen LogP contribution in [0.25, 0.3) is 0 Å². The molecule has 0 amide bonds. The SMILES string of the molecule is CC1(C)CNCC/C1=C\C#Cc1cccc(CN2CCCC2)c1. The zero-order chi connectivity index (χ0) is 16.1. The van der Waals surface area contributed by atoms with E-state index in [1.807, 2.05) is 0 Å². The molecule has 0 aliphatic carbocycles. The third-order valence-electron chi connectivity index (χ3n) is 5.00. The molecule has 23 heavy (non-hydrogen) atoms. The summed E-state index contributed by atoms with van der Waals surface area (Å²) in [6, 6.07) is 8.72. The van der Waals surface area contributed by atoms with E-state index in [0.717, 1.165) is 31.6 Å². The van der Waals surface area contributed by atoms with E-state index < -0.39 is 0 Å². The van der Waals surface area contributed by atoms with E-state index in [9.17, 15) is 0 Å². The second-order valence-corrected chi connectivity index (χ2v) is 7.43. The van der Waals surface area contributed by atoms with Gasteiger partial charge in [0.15, 0.2) is 0 Å². The fourth-order valence-corrected chi connectivity index (χ4v) is 3.50. The van der Waals surface area contributed by atoms with Gasteiger partial charge >= 0.3 is 0 Å². The van der Waals surface area contributed by atoms with Gasteiger partial charge in [0.1, 0.15) is 0 Å². The molecule has 2 aliphatic rings. The van der Waals surface area contributed by atoms with Gasteiger partial charge in [0.25, 0.3) is 0 Å². The lowest BCUT2D eigenvalue weighted by Crippen LogP contribution is -2.37. The highest BCUT2D eigenvalue weighted by molar-refractivity contribution is 5.40. The van der Waals surface area contributed by atoms with Crippen LogP contribution in [0.4, 0.5) is 0 Å². The molecule has 2 aliphatic heterocycles. The summed E-state index contributed by atoms with van der Waals surface area (Å²) in [5.74, 6) is 6.62. The van der Waals surface area contributed by atoms with Crippen LogP contribution in [0.3, 0.4) is 0 Å². The molecule has 1 aromatic carbocycles. The zero-order valence-electron chi connectivity index (χ0n) is 14.5. The van der Waals surface area contributed by atoms with Crippen LogP contribution in [0.1, 0.15) is 44.2 Å². The normalized spacial score (nSPS) is 22.8. The molecule has 0 spiro atoms. The molecule has 122 valence electrons. The van der Waals surface area contributed by atoms with Crippen molar-refractivity contribution in [1.29, 1.82) is 0 Å². The predicted molar refractivity (Wildman–Crippen MR) is 97.2 cm³/mol. The Kier molecular flexibility index (Phi) is 5.20. The maximum absolute atomic E-state index is 3.46.